The molecule has 29 heavy (non-hydrogen) atoms. The molecule has 1 aliphatic rings. The maximum absolute atomic E-state index is 13.4. The first-order chi connectivity index (χ1) is 14.0. The van der Waals surface area contributed by atoms with Gasteiger partial charge in [0.2, 0.25) is 0 Å². The van der Waals surface area contributed by atoms with Crippen LogP contribution in [-0.2, 0) is 9.59 Å². The minimum atomic E-state index is -0.430. The van der Waals surface area contributed by atoms with Crippen LogP contribution in [0.5, 0.6) is 0 Å². The molecule has 3 aromatic rings. The lowest BCUT2D eigenvalue weighted by Gasteiger charge is -2.17. The summed E-state index contributed by atoms with van der Waals surface area (Å²) in [5.41, 5.74) is 4.50. The summed E-state index contributed by atoms with van der Waals surface area (Å²) >= 11 is 6.29. The number of para-hydroxylation sites is 1. The summed E-state index contributed by atoms with van der Waals surface area (Å²) in [6.45, 7) is 3.98. The molecule has 144 valence electrons. The van der Waals surface area contributed by atoms with Crippen LogP contribution in [0.3, 0.4) is 0 Å². The SMILES string of the molecule is Cc1cc(C)cc(NC2=C(c3ccccc3)C(=O)N(c3ccccc3Cl)C2=O)c1. The Hall–Kier alpha value is -3.37. The number of carbonyl (C=O) groups excluding carboxylic acids is 2. The third kappa shape index (κ3) is 3.55. The van der Waals surface area contributed by atoms with Crippen molar-refractivity contribution in [2.24, 2.45) is 0 Å². The minimum absolute atomic E-state index is 0.242. The quantitative estimate of drug-likeness (QED) is 0.598. The normalized spacial score (nSPS) is 14.0. The highest BCUT2D eigenvalue weighted by Crippen LogP contribution is 2.36. The predicted octanol–water partition coefficient (Wildman–Crippen LogP) is 5.35. The Labute approximate surface area is 174 Å². The molecule has 0 fully saturated rings. The fraction of sp³-hybridized carbons (Fsp3) is 0.0833. The molecule has 1 aliphatic heterocycles. The Kier molecular flexibility index (Phi) is 4.95. The summed E-state index contributed by atoms with van der Waals surface area (Å²) in [7, 11) is 0. The summed E-state index contributed by atoms with van der Waals surface area (Å²) in [6.07, 6.45) is 0. The van der Waals surface area contributed by atoms with Crippen molar-refractivity contribution in [3.8, 4) is 0 Å². The van der Waals surface area contributed by atoms with Crippen LogP contribution in [0.25, 0.3) is 5.57 Å². The molecule has 0 atom stereocenters. The Morgan fingerprint density at radius 2 is 1.41 bits per heavy atom. The van der Waals surface area contributed by atoms with E-state index in [2.05, 4.69) is 11.4 Å². The molecule has 0 saturated carbocycles. The number of imide groups is 1. The average molecular weight is 403 g/mol. The number of carbonyl (C=O) groups is 2. The molecule has 5 heteroatoms. The number of rotatable bonds is 4. The van der Waals surface area contributed by atoms with E-state index in [1.165, 1.54) is 0 Å². The number of benzene rings is 3. The van der Waals surface area contributed by atoms with Crippen molar-refractivity contribution in [3.63, 3.8) is 0 Å². The number of halogens is 1. The third-order valence-electron chi connectivity index (χ3n) is 4.73. The Balaban J connectivity index is 1.85. The van der Waals surface area contributed by atoms with Crippen LogP contribution in [0.2, 0.25) is 5.02 Å². The van der Waals surface area contributed by atoms with E-state index in [0.717, 1.165) is 21.7 Å². The zero-order chi connectivity index (χ0) is 20.5. The van der Waals surface area contributed by atoms with Crippen molar-refractivity contribution in [1.82, 2.24) is 0 Å². The first kappa shape index (κ1) is 19.0. The highest BCUT2D eigenvalue weighted by Gasteiger charge is 2.40. The second kappa shape index (κ2) is 7.57. The zero-order valence-electron chi connectivity index (χ0n) is 16.1. The molecule has 0 saturated heterocycles. The number of hydrogen-bond acceptors (Lipinski definition) is 3. The maximum atomic E-state index is 13.4. The minimum Gasteiger partial charge on any atom is -0.350 e. The van der Waals surface area contributed by atoms with Crippen LogP contribution in [0.4, 0.5) is 11.4 Å². The molecule has 1 heterocycles. The van der Waals surface area contributed by atoms with Crippen molar-refractivity contribution in [3.05, 3.63) is 100 Å². The van der Waals surface area contributed by atoms with E-state index < -0.39 is 11.8 Å². The summed E-state index contributed by atoms with van der Waals surface area (Å²) in [6, 6.07) is 22.0. The van der Waals surface area contributed by atoms with E-state index in [0.29, 0.717) is 21.8 Å². The first-order valence-corrected chi connectivity index (χ1v) is 9.62. The van der Waals surface area contributed by atoms with Gasteiger partial charge < -0.3 is 5.32 Å². The second-order valence-corrected chi connectivity index (χ2v) is 7.42. The van der Waals surface area contributed by atoms with Gasteiger partial charge in [0.1, 0.15) is 5.70 Å². The molecule has 1 N–H and O–H groups in total. The summed E-state index contributed by atoms with van der Waals surface area (Å²) in [5, 5.41) is 3.54. The van der Waals surface area contributed by atoms with Crippen molar-refractivity contribution < 1.29 is 9.59 Å². The van der Waals surface area contributed by atoms with Gasteiger partial charge in [-0.05, 0) is 54.8 Å². The number of hydrogen-bond donors (Lipinski definition) is 1. The van der Waals surface area contributed by atoms with E-state index in [1.54, 1.807) is 24.3 Å². The van der Waals surface area contributed by atoms with Crippen LogP contribution >= 0.6 is 11.6 Å². The smallest absolute Gasteiger partial charge is 0.282 e. The van der Waals surface area contributed by atoms with Gasteiger partial charge in [0.05, 0.1) is 16.3 Å². The molecule has 0 spiro atoms. The largest absolute Gasteiger partial charge is 0.350 e. The first-order valence-electron chi connectivity index (χ1n) is 9.24. The fourth-order valence-electron chi connectivity index (χ4n) is 3.56. The third-order valence-corrected chi connectivity index (χ3v) is 5.05. The topological polar surface area (TPSA) is 49.4 Å². The van der Waals surface area contributed by atoms with Crippen LogP contribution in [-0.4, -0.2) is 11.8 Å². The van der Waals surface area contributed by atoms with E-state index in [4.69, 9.17) is 11.6 Å². The van der Waals surface area contributed by atoms with Gasteiger partial charge in [-0.1, -0.05) is 60.1 Å². The molecule has 0 aliphatic carbocycles. The van der Waals surface area contributed by atoms with Crippen LogP contribution in [0, 0.1) is 13.8 Å². The van der Waals surface area contributed by atoms with E-state index in [-0.39, 0.29) is 5.70 Å². The second-order valence-electron chi connectivity index (χ2n) is 7.01. The van der Waals surface area contributed by atoms with Crippen molar-refractivity contribution in [1.29, 1.82) is 0 Å². The van der Waals surface area contributed by atoms with E-state index >= 15 is 0 Å². The van der Waals surface area contributed by atoms with Crippen LogP contribution in [0.15, 0.2) is 78.5 Å². The summed E-state index contributed by atoms with van der Waals surface area (Å²) in [4.78, 5) is 27.8. The predicted molar refractivity (Wildman–Crippen MR) is 117 cm³/mol. The fourth-order valence-corrected chi connectivity index (χ4v) is 3.78. The van der Waals surface area contributed by atoms with E-state index in [9.17, 15) is 9.59 Å². The molecule has 0 aromatic heterocycles. The molecular formula is C24H19ClN2O2. The Bertz CT molecular complexity index is 1130. The van der Waals surface area contributed by atoms with Gasteiger partial charge in [0.15, 0.2) is 0 Å². The van der Waals surface area contributed by atoms with Crippen molar-refractivity contribution >= 4 is 40.4 Å². The lowest BCUT2D eigenvalue weighted by molar-refractivity contribution is -0.120. The number of amides is 2. The standard InChI is InChI=1S/C24H19ClN2O2/c1-15-12-16(2)14-18(13-15)26-22-21(17-8-4-3-5-9-17)23(28)27(24(22)29)20-11-7-6-10-19(20)25/h3-14,26H,1-2H3. The summed E-state index contributed by atoms with van der Waals surface area (Å²) < 4.78 is 0. The van der Waals surface area contributed by atoms with Crippen molar-refractivity contribution in [2.75, 3.05) is 10.2 Å². The van der Waals surface area contributed by atoms with Crippen LogP contribution < -0.4 is 10.2 Å². The molecular weight excluding hydrogens is 384 g/mol. The lowest BCUT2D eigenvalue weighted by Crippen LogP contribution is -2.32. The molecule has 3 aromatic carbocycles. The Morgan fingerprint density at radius 1 is 0.793 bits per heavy atom. The molecule has 0 radical (unpaired) electrons. The molecule has 4 rings (SSSR count). The molecule has 2 amide bonds. The van der Waals surface area contributed by atoms with Gasteiger partial charge in [0.25, 0.3) is 11.8 Å². The highest BCUT2D eigenvalue weighted by atomic mass is 35.5. The van der Waals surface area contributed by atoms with Gasteiger partial charge in [-0.15, -0.1) is 0 Å². The van der Waals surface area contributed by atoms with Gasteiger partial charge in [-0.2, -0.15) is 0 Å². The van der Waals surface area contributed by atoms with Gasteiger partial charge >= 0.3 is 0 Å². The van der Waals surface area contributed by atoms with Gasteiger partial charge in [0, 0.05) is 5.69 Å². The van der Waals surface area contributed by atoms with Crippen molar-refractivity contribution in [2.45, 2.75) is 13.8 Å². The lowest BCUT2D eigenvalue weighted by atomic mass is 10.0. The average Bonchev–Trinajstić information content (AvgIpc) is 2.92. The summed E-state index contributed by atoms with van der Waals surface area (Å²) in [5.74, 6) is -0.831. The highest BCUT2D eigenvalue weighted by molar-refractivity contribution is 6.48. The van der Waals surface area contributed by atoms with E-state index in [1.807, 2.05) is 56.3 Å². The number of anilines is 2. The number of aryl methyl sites for hydroxylation is 2. The maximum Gasteiger partial charge on any atom is 0.282 e. The number of nitrogens with zero attached hydrogens (tertiary/aromatic N) is 1. The van der Waals surface area contributed by atoms with Gasteiger partial charge in [-0.3, -0.25) is 9.59 Å². The molecule has 4 nitrogen and oxygen atoms in total. The van der Waals surface area contributed by atoms with Crippen LogP contribution in [0.1, 0.15) is 16.7 Å². The molecule has 0 unspecified atom stereocenters. The Morgan fingerprint density at radius 3 is 2.07 bits per heavy atom. The van der Waals surface area contributed by atoms with Gasteiger partial charge in [-0.25, -0.2) is 4.90 Å². The zero-order valence-corrected chi connectivity index (χ0v) is 16.8. The number of nitrogens with one attached hydrogen (secondary N) is 1. The monoisotopic (exact) mass is 402 g/mol. The molecule has 0 bridgehead atoms.